The fourth-order valence-electron chi connectivity index (χ4n) is 1.51. The Hall–Kier alpha value is -1.50. The molecule has 0 saturated carbocycles. The highest BCUT2D eigenvalue weighted by molar-refractivity contribution is 5.48. The molecule has 1 aromatic carbocycles. The number of allylic oxidation sites excluding steroid dienone is 2. The zero-order valence-corrected chi connectivity index (χ0v) is 10.5. The second-order valence-electron chi connectivity index (χ2n) is 3.88. The van der Waals surface area contributed by atoms with Gasteiger partial charge in [-0.2, -0.15) is 0 Å². The van der Waals surface area contributed by atoms with Crippen LogP contribution < -0.4 is 4.90 Å². The zero-order valence-electron chi connectivity index (χ0n) is 10.5. The number of hydrogen-bond acceptors (Lipinski definition) is 1. The average Bonchev–Trinajstić information content (AvgIpc) is 2.31. The van der Waals surface area contributed by atoms with Gasteiger partial charge in [0.25, 0.3) is 0 Å². The molecule has 16 heavy (non-hydrogen) atoms. The summed E-state index contributed by atoms with van der Waals surface area (Å²) in [7, 11) is 0. The summed E-state index contributed by atoms with van der Waals surface area (Å²) in [6.07, 6.45) is 8.56. The van der Waals surface area contributed by atoms with E-state index in [1.807, 2.05) is 0 Å². The van der Waals surface area contributed by atoms with Gasteiger partial charge in [0.05, 0.1) is 0 Å². The van der Waals surface area contributed by atoms with Crippen molar-refractivity contribution >= 4 is 5.69 Å². The standard InChI is InChI=1S/C15H21N/c1-4-6-12-16(13-7-5-2)15-10-8-14(3)9-11-15/h4-11H,12-13H2,1-3H3/b6-4+,7-5+. The predicted octanol–water partition coefficient (Wildman–Crippen LogP) is 3.95. The lowest BCUT2D eigenvalue weighted by Crippen LogP contribution is -2.23. The fourth-order valence-corrected chi connectivity index (χ4v) is 1.51. The molecule has 1 heteroatoms. The first kappa shape index (κ1) is 12.6. The van der Waals surface area contributed by atoms with Gasteiger partial charge < -0.3 is 4.90 Å². The van der Waals surface area contributed by atoms with E-state index in [-0.39, 0.29) is 0 Å². The van der Waals surface area contributed by atoms with Crippen LogP contribution in [0.4, 0.5) is 5.69 Å². The topological polar surface area (TPSA) is 3.24 Å². The van der Waals surface area contributed by atoms with Gasteiger partial charge in [-0.15, -0.1) is 0 Å². The highest BCUT2D eigenvalue weighted by atomic mass is 15.1. The first-order valence-corrected chi connectivity index (χ1v) is 5.82. The van der Waals surface area contributed by atoms with Crippen LogP contribution in [0.1, 0.15) is 19.4 Å². The minimum atomic E-state index is 0.962. The van der Waals surface area contributed by atoms with Crippen molar-refractivity contribution in [1.29, 1.82) is 0 Å². The Balaban J connectivity index is 2.77. The molecule has 0 atom stereocenters. The first-order chi connectivity index (χ1) is 7.77. The van der Waals surface area contributed by atoms with E-state index >= 15 is 0 Å². The summed E-state index contributed by atoms with van der Waals surface area (Å²) < 4.78 is 0. The normalized spacial score (nSPS) is 11.4. The molecule has 1 rings (SSSR count). The molecule has 0 bridgehead atoms. The summed E-state index contributed by atoms with van der Waals surface area (Å²) >= 11 is 0. The molecule has 0 N–H and O–H groups in total. The van der Waals surface area contributed by atoms with Gasteiger partial charge in [0, 0.05) is 18.8 Å². The minimum Gasteiger partial charge on any atom is -0.364 e. The Labute approximate surface area is 99.1 Å². The smallest absolute Gasteiger partial charge is 0.0372 e. The van der Waals surface area contributed by atoms with E-state index in [9.17, 15) is 0 Å². The molecule has 0 unspecified atom stereocenters. The Morgan fingerprint density at radius 2 is 1.44 bits per heavy atom. The molecular formula is C15H21N. The second kappa shape index (κ2) is 6.89. The van der Waals surface area contributed by atoms with Crippen molar-refractivity contribution in [1.82, 2.24) is 0 Å². The average molecular weight is 215 g/mol. The molecule has 1 nitrogen and oxygen atoms in total. The Morgan fingerprint density at radius 3 is 1.88 bits per heavy atom. The van der Waals surface area contributed by atoms with Crippen LogP contribution >= 0.6 is 0 Å². The number of benzene rings is 1. The highest BCUT2D eigenvalue weighted by Crippen LogP contribution is 2.14. The van der Waals surface area contributed by atoms with Gasteiger partial charge in [-0.3, -0.25) is 0 Å². The van der Waals surface area contributed by atoms with Gasteiger partial charge in [0.1, 0.15) is 0 Å². The predicted molar refractivity (Wildman–Crippen MR) is 73.0 cm³/mol. The van der Waals surface area contributed by atoms with Crippen LogP contribution in [-0.2, 0) is 0 Å². The summed E-state index contributed by atoms with van der Waals surface area (Å²) in [4.78, 5) is 2.35. The van der Waals surface area contributed by atoms with E-state index in [4.69, 9.17) is 0 Å². The van der Waals surface area contributed by atoms with E-state index < -0.39 is 0 Å². The number of anilines is 1. The number of hydrogen-bond donors (Lipinski definition) is 0. The summed E-state index contributed by atoms with van der Waals surface area (Å²) in [5.74, 6) is 0. The molecule has 0 aliphatic heterocycles. The van der Waals surface area contributed by atoms with Crippen LogP contribution in [0.2, 0.25) is 0 Å². The van der Waals surface area contributed by atoms with Gasteiger partial charge in [0.2, 0.25) is 0 Å². The third kappa shape index (κ3) is 3.93. The van der Waals surface area contributed by atoms with Crippen molar-refractivity contribution < 1.29 is 0 Å². The third-order valence-electron chi connectivity index (χ3n) is 2.52. The molecule has 0 radical (unpaired) electrons. The lowest BCUT2D eigenvalue weighted by molar-refractivity contribution is 0.951. The minimum absolute atomic E-state index is 0.962. The van der Waals surface area contributed by atoms with E-state index in [1.54, 1.807) is 0 Å². The molecule has 0 saturated heterocycles. The van der Waals surface area contributed by atoms with Crippen LogP contribution in [0.25, 0.3) is 0 Å². The summed E-state index contributed by atoms with van der Waals surface area (Å²) in [5.41, 5.74) is 2.59. The van der Waals surface area contributed by atoms with Crippen molar-refractivity contribution in [3.8, 4) is 0 Å². The van der Waals surface area contributed by atoms with Gasteiger partial charge in [-0.1, -0.05) is 42.0 Å². The van der Waals surface area contributed by atoms with E-state index in [2.05, 4.69) is 74.2 Å². The maximum Gasteiger partial charge on any atom is 0.0372 e. The van der Waals surface area contributed by atoms with Crippen LogP contribution in [0.15, 0.2) is 48.6 Å². The van der Waals surface area contributed by atoms with E-state index in [1.165, 1.54) is 11.3 Å². The molecule has 86 valence electrons. The van der Waals surface area contributed by atoms with Crippen LogP contribution in [0, 0.1) is 6.92 Å². The van der Waals surface area contributed by atoms with Crippen molar-refractivity contribution in [2.75, 3.05) is 18.0 Å². The maximum absolute atomic E-state index is 2.35. The Bertz CT molecular complexity index is 332. The van der Waals surface area contributed by atoms with Crippen LogP contribution in [0.3, 0.4) is 0 Å². The van der Waals surface area contributed by atoms with Gasteiger partial charge in [-0.25, -0.2) is 0 Å². The van der Waals surface area contributed by atoms with E-state index in [0.29, 0.717) is 0 Å². The quantitative estimate of drug-likeness (QED) is 0.672. The molecule has 0 aromatic heterocycles. The maximum atomic E-state index is 2.35. The van der Waals surface area contributed by atoms with Crippen molar-refractivity contribution in [3.63, 3.8) is 0 Å². The van der Waals surface area contributed by atoms with Crippen molar-refractivity contribution in [2.45, 2.75) is 20.8 Å². The summed E-state index contributed by atoms with van der Waals surface area (Å²) in [6.45, 7) is 8.16. The molecule has 0 aliphatic carbocycles. The van der Waals surface area contributed by atoms with Crippen LogP contribution in [-0.4, -0.2) is 13.1 Å². The SMILES string of the molecule is C/C=C/CN(C/C=C/C)c1ccc(C)cc1. The number of nitrogens with zero attached hydrogens (tertiary/aromatic N) is 1. The van der Waals surface area contributed by atoms with Crippen molar-refractivity contribution in [2.24, 2.45) is 0 Å². The van der Waals surface area contributed by atoms with Crippen LogP contribution in [0.5, 0.6) is 0 Å². The molecule has 0 spiro atoms. The lowest BCUT2D eigenvalue weighted by Gasteiger charge is -2.21. The molecular weight excluding hydrogens is 194 g/mol. The Morgan fingerprint density at radius 1 is 0.938 bits per heavy atom. The summed E-state index contributed by atoms with van der Waals surface area (Å²) in [5, 5.41) is 0. The molecule has 0 aliphatic rings. The molecule has 0 fully saturated rings. The second-order valence-corrected chi connectivity index (χ2v) is 3.88. The number of aryl methyl sites for hydroxylation is 1. The summed E-state index contributed by atoms with van der Waals surface area (Å²) in [6, 6.07) is 8.69. The van der Waals surface area contributed by atoms with Gasteiger partial charge in [0.15, 0.2) is 0 Å². The number of rotatable bonds is 5. The van der Waals surface area contributed by atoms with Gasteiger partial charge in [-0.05, 0) is 32.9 Å². The van der Waals surface area contributed by atoms with Crippen molar-refractivity contribution in [3.05, 3.63) is 54.1 Å². The zero-order chi connectivity index (χ0) is 11.8. The molecule has 1 aromatic rings. The van der Waals surface area contributed by atoms with E-state index in [0.717, 1.165) is 13.1 Å². The molecule has 0 heterocycles. The lowest BCUT2D eigenvalue weighted by atomic mass is 10.2. The van der Waals surface area contributed by atoms with Gasteiger partial charge >= 0.3 is 0 Å². The monoisotopic (exact) mass is 215 g/mol. The first-order valence-electron chi connectivity index (χ1n) is 5.82. The molecule has 0 amide bonds. The third-order valence-corrected chi connectivity index (χ3v) is 2.52. The fraction of sp³-hybridized carbons (Fsp3) is 0.333. The highest BCUT2D eigenvalue weighted by Gasteiger charge is 2.01. The Kier molecular flexibility index (Phi) is 5.41. The largest absolute Gasteiger partial charge is 0.364 e.